The summed E-state index contributed by atoms with van der Waals surface area (Å²) in [6.07, 6.45) is 3.96. The number of aliphatic hydroxyl groups is 1. The molecule has 0 radical (unpaired) electrons. The molecule has 0 amide bonds. The summed E-state index contributed by atoms with van der Waals surface area (Å²) in [7, 11) is 2.03. The van der Waals surface area contributed by atoms with E-state index < -0.39 is 24.1 Å². The van der Waals surface area contributed by atoms with E-state index in [0.717, 1.165) is 70.9 Å². The lowest BCUT2D eigenvalue weighted by atomic mass is 9.49. The predicted octanol–water partition coefficient (Wildman–Crippen LogP) is 8.43. The summed E-state index contributed by atoms with van der Waals surface area (Å²) in [5.41, 5.74) is 1.47. The van der Waals surface area contributed by atoms with Gasteiger partial charge in [-0.05, 0) is 124 Å². The Morgan fingerprint density at radius 3 is 2.39 bits per heavy atom. The number of phenols is 1. The normalized spacial score (nSPS) is 33.3. The van der Waals surface area contributed by atoms with Gasteiger partial charge in [0, 0.05) is 24.7 Å². The molecule has 0 spiro atoms. The molecule has 3 fully saturated rings. The molecule has 0 heterocycles. The van der Waals surface area contributed by atoms with E-state index in [9.17, 15) is 37.0 Å². The van der Waals surface area contributed by atoms with E-state index in [4.69, 9.17) is 0 Å². The highest BCUT2D eigenvalue weighted by Crippen LogP contribution is 2.70. The fraction of sp³-hybridized carbons (Fsp3) is 0.800. The van der Waals surface area contributed by atoms with Crippen LogP contribution in [0.3, 0.4) is 0 Å². The molecule has 0 aliphatic heterocycles. The van der Waals surface area contributed by atoms with Crippen molar-refractivity contribution in [1.82, 2.24) is 4.90 Å². The molecule has 3 unspecified atom stereocenters. The van der Waals surface area contributed by atoms with E-state index in [1.165, 1.54) is 11.1 Å². The molecule has 0 saturated heterocycles. The molecule has 4 aliphatic carbocycles. The molecule has 4 aliphatic rings. The molecule has 248 valence electrons. The first kappa shape index (κ1) is 33.6. The molecule has 4 nitrogen and oxygen atoms in total. The maximum absolute atomic E-state index is 13.0. The number of benzene rings is 1. The van der Waals surface area contributed by atoms with Crippen LogP contribution in [0.4, 0.5) is 22.0 Å². The van der Waals surface area contributed by atoms with E-state index in [1.807, 2.05) is 19.2 Å². The second kappa shape index (κ2) is 12.8. The standard InChI is InChI=1S/C35H50F5NO3/c1-32-21-24(10-6-5-9-17-41(2)16-8-4-3-7-15-34(36,37)35(38,39)40)31-28-14-12-26(42)18-23(28)11-13-29(31)30(32)20-25-19-27(43)22-33(25,32)44/h12,14,18,24-25,29-31,42,44H,3-11,13,15-17,19-22H2,1-2H3/t24-,25+,29?,30?,31?,32-,33-/m0/s1. The summed E-state index contributed by atoms with van der Waals surface area (Å²) >= 11 is 0. The second-order valence-corrected chi connectivity index (χ2v) is 14.9. The third-order valence-electron chi connectivity index (χ3n) is 12.2. The number of halogens is 5. The zero-order valence-corrected chi connectivity index (χ0v) is 26.3. The van der Waals surface area contributed by atoms with Gasteiger partial charge in [-0.25, -0.2) is 0 Å². The Morgan fingerprint density at radius 2 is 1.68 bits per heavy atom. The van der Waals surface area contributed by atoms with Gasteiger partial charge in [0.15, 0.2) is 0 Å². The first-order valence-electron chi connectivity index (χ1n) is 16.9. The Hall–Kier alpha value is -1.74. The van der Waals surface area contributed by atoms with Gasteiger partial charge in [-0.3, -0.25) is 4.79 Å². The zero-order chi connectivity index (χ0) is 31.9. The number of alkyl halides is 5. The Balaban J connectivity index is 1.11. The van der Waals surface area contributed by atoms with Crippen molar-refractivity contribution in [3.63, 3.8) is 0 Å². The molecule has 44 heavy (non-hydrogen) atoms. The Kier molecular flexibility index (Phi) is 9.79. The van der Waals surface area contributed by atoms with Crippen LogP contribution in [0, 0.1) is 29.1 Å². The van der Waals surface area contributed by atoms with Crippen molar-refractivity contribution in [1.29, 1.82) is 0 Å². The van der Waals surface area contributed by atoms with Gasteiger partial charge in [-0.2, -0.15) is 22.0 Å². The van der Waals surface area contributed by atoms with Gasteiger partial charge in [0.25, 0.3) is 0 Å². The number of carbonyl (C=O) groups excluding carboxylic acids is 1. The van der Waals surface area contributed by atoms with Crippen LogP contribution in [0.2, 0.25) is 0 Å². The summed E-state index contributed by atoms with van der Waals surface area (Å²) in [6, 6.07) is 5.87. The molecule has 3 saturated carbocycles. The van der Waals surface area contributed by atoms with Crippen molar-refractivity contribution in [2.75, 3.05) is 20.1 Å². The number of unbranched alkanes of at least 4 members (excludes halogenated alkanes) is 5. The largest absolute Gasteiger partial charge is 0.508 e. The van der Waals surface area contributed by atoms with Gasteiger partial charge in [0.2, 0.25) is 0 Å². The van der Waals surface area contributed by atoms with Crippen LogP contribution in [0.1, 0.15) is 114 Å². The number of nitrogens with zero attached hydrogens (tertiary/aromatic N) is 1. The van der Waals surface area contributed by atoms with E-state index in [1.54, 1.807) is 0 Å². The summed E-state index contributed by atoms with van der Waals surface area (Å²) in [5, 5.41) is 22.2. The first-order valence-corrected chi connectivity index (χ1v) is 16.9. The average molecular weight is 628 g/mol. The number of carbonyl (C=O) groups is 1. The fourth-order valence-corrected chi connectivity index (χ4v) is 9.95. The number of Topliss-reactive ketones (excluding diaryl/α,β-unsaturated/α-hetero) is 1. The van der Waals surface area contributed by atoms with E-state index >= 15 is 0 Å². The predicted molar refractivity (Wildman–Crippen MR) is 160 cm³/mol. The molecule has 0 bridgehead atoms. The molecule has 5 rings (SSSR count). The van der Waals surface area contributed by atoms with Crippen LogP contribution in [0.25, 0.3) is 0 Å². The highest BCUT2D eigenvalue weighted by Gasteiger charge is 2.69. The van der Waals surface area contributed by atoms with Gasteiger partial charge < -0.3 is 15.1 Å². The van der Waals surface area contributed by atoms with Crippen molar-refractivity contribution in [2.24, 2.45) is 29.1 Å². The van der Waals surface area contributed by atoms with E-state index in [-0.39, 0.29) is 23.5 Å². The molecule has 2 N–H and O–H groups in total. The van der Waals surface area contributed by atoms with Crippen LogP contribution < -0.4 is 0 Å². The zero-order valence-electron chi connectivity index (χ0n) is 26.3. The van der Waals surface area contributed by atoms with Crippen molar-refractivity contribution in [2.45, 2.75) is 127 Å². The second-order valence-electron chi connectivity index (χ2n) is 14.9. The minimum atomic E-state index is -5.46. The Morgan fingerprint density at radius 1 is 1.00 bits per heavy atom. The molecular formula is C35H50F5NO3. The minimum absolute atomic E-state index is 0.0713. The number of hydrogen-bond donors (Lipinski definition) is 2. The van der Waals surface area contributed by atoms with Crippen molar-refractivity contribution in [3.8, 4) is 5.75 Å². The SMILES string of the molecule is CN(CCCCCCC(F)(F)C(F)(F)F)CCCCC[C@H]1C[C@@]2(C)C(C[C@H]3CC(=O)C[C@]32O)C2CCc3cc(O)ccc3C21. The maximum atomic E-state index is 13.0. The van der Waals surface area contributed by atoms with Gasteiger partial charge in [0.1, 0.15) is 11.5 Å². The Labute approximate surface area is 258 Å². The maximum Gasteiger partial charge on any atom is 0.453 e. The number of hydrogen-bond acceptors (Lipinski definition) is 4. The number of aryl methyl sites for hydroxylation is 1. The number of rotatable bonds is 13. The molecule has 9 heteroatoms. The van der Waals surface area contributed by atoms with Crippen molar-refractivity contribution in [3.05, 3.63) is 29.3 Å². The molecule has 0 aromatic heterocycles. The monoisotopic (exact) mass is 627 g/mol. The Bertz CT molecular complexity index is 1170. The summed E-state index contributed by atoms with van der Waals surface area (Å²) < 4.78 is 63.0. The number of ketones is 1. The molecular weight excluding hydrogens is 577 g/mol. The van der Waals surface area contributed by atoms with E-state index in [0.29, 0.717) is 55.1 Å². The summed E-state index contributed by atoms with van der Waals surface area (Å²) in [6.45, 7) is 3.97. The molecule has 1 aromatic carbocycles. The number of phenolic OH excluding ortho intramolecular Hbond substituents is 1. The lowest BCUT2D eigenvalue weighted by Crippen LogP contribution is -2.54. The lowest BCUT2D eigenvalue weighted by Gasteiger charge is -2.56. The van der Waals surface area contributed by atoms with Crippen LogP contribution in [0.15, 0.2) is 18.2 Å². The third kappa shape index (κ3) is 6.43. The van der Waals surface area contributed by atoms with Crippen LogP contribution >= 0.6 is 0 Å². The van der Waals surface area contributed by atoms with Crippen molar-refractivity contribution < 1.29 is 37.0 Å². The highest BCUT2D eigenvalue weighted by molar-refractivity contribution is 5.83. The van der Waals surface area contributed by atoms with Crippen molar-refractivity contribution >= 4 is 5.78 Å². The van der Waals surface area contributed by atoms with Crippen LogP contribution in [0.5, 0.6) is 5.75 Å². The van der Waals surface area contributed by atoms with Gasteiger partial charge in [0.05, 0.1) is 5.60 Å². The smallest absolute Gasteiger partial charge is 0.453 e. The van der Waals surface area contributed by atoms with E-state index in [2.05, 4.69) is 17.9 Å². The highest BCUT2D eigenvalue weighted by atomic mass is 19.4. The lowest BCUT2D eigenvalue weighted by molar-refractivity contribution is -0.284. The fourth-order valence-electron chi connectivity index (χ4n) is 9.95. The third-order valence-corrected chi connectivity index (χ3v) is 12.2. The quantitative estimate of drug-likeness (QED) is 0.170. The number of fused-ring (bicyclic) bond motifs is 7. The number of aromatic hydroxyl groups is 1. The van der Waals surface area contributed by atoms with Gasteiger partial charge in [-0.1, -0.05) is 38.7 Å². The first-order chi connectivity index (χ1) is 20.7. The van der Waals surface area contributed by atoms with Crippen LogP contribution in [-0.4, -0.2) is 58.7 Å². The topological polar surface area (TPSA) is 60.8 Å². The summed E-state index contributed by atoms with van der Waals surface area (Å²) in [5.74, 6) is -2.31. The van der Waals surface area contributed by atoms with Crippen LogP contribution in [-0.2, 0) is 11.2 Å². The average Bonchev–Trinajstić information content (AvgIpc) is 3.35. The van der Waals surface area contributed by atoms with Gasteiger partial charge in [-0.15, -0.1) is 0 Å². The summed E-state index contributed by atoms with van der Waals surface area (Å²) in [4.78, 5) is 14.7. The molecule has 7 atom stereocenters. The van der Waals surface area contributed by atoms with Gasteiger partial charge >= 0.3 is 12.1 Å². The minimum Gasteiger partial charge on any atom is -0.508 e. The molecule has 1 aromatic rings.